The third-order valence-corrected chi connectivity index (χ3v) is 6.27. The number of hydrogen-bond donors (Lipinski definition) is 1. The number of piperidine rings is 1. The molecular formula is C16H23N3O6S. The van der Waals surface area contributed by atoms with Gasteiger partial charge in [0.1, 0.15) is 0 Å². The number of nitrogens with zero attached hydrogens (tertiary/aromatic N) is 2. The van der Waals surface area contributed by atoms with E-state index in [1.165, 1.54) is 28.6 Å². The Morgan fingerprint density at radius 1 is 1.35 bits per heavy atom. The van der Waals surface area contributed by atoms with Crippen molar-refractivity contribution < 1.29 is 22.9 Å². The van der Waals surface area contributed by atoms with Gasteiger partial charge >= 0.3 is 0 Å². The molecule has 2 rings (SSSR count). The minimum atomic E-state index is -3.97. The summed E-state index contributed by atoms with van der Waals surface area (Å²) >= 11 is 0. The molecule has 0 unspecified atom stereocenters. The highest BCUT2D eigenvalue weighted by Gasteiger charge is 2.35. The number of sulfonamides is 1. The molecule has 1 fully saturated rings. The summed E-state index contributed by atoms with van der Waals surface area (Å²) in [4.78, 5) is 22.2. The molecule has 0 aliphatic carbocycles. The van der Waals surface area contributed by atoms with E-state index >= 15 is 0 Å². The van der Waals surface area contributed by atoms with Gasteiger partial charge in [-0.1, -0.05) is 12.1 Å². The first kappa shape index (κ1) is 20.3. The molecule has 0 bridgehead atoms. The maximum absolute atomic E-state index is 12.7. The van der Waals surface area contributed by atoms with Gasteiger partial charge in [0.25, 0.3) is 5.69 Å². The van der Waals surface area contributed by atoms with E-state index in [2.05, 4.69) is 5.32 Å². The number of rotatable bonds is 8. The fourth-order valence-corrected chi connectivity index (χ4v) is 4.52. The molecule has 0 radical (unpaired) electrons. The van der Waals surface area contributed by atoms with Gasteiger partial charge in [-0.3, -0.25) is 14.9 Å². The highest BCUT2D eigenvalue weighted by molar-refractivity contribution is 7.89. The molecule has 1 aromatic carbocycles. The van der Waals surface area contributed by atoms with E-state index in [-0.39, 0.29) is 29.8 Å². The average Bonchev–Trinajstić information content (AvgIpc) is 2.65. The van der Waals surface area contributed by atoms with Crippen molar-refractivity contribution in [1.82, 2.24) is 9.62 Å². The molecular weight excluding hydrogens is 362 g/mol. The highest BCUT2D eigenvalue weighted by atomic mass is 32.2. The van der Waals surface area contributed by atoms with E-state index < -0.39 is 20.6 Å². The van der Waals surface area contributed by atoms with E-state index in [9.17, 15) is 23.3 Å². The number of nitro groups is 1. The Balaban J connectivity index is 1.99. The summed E-state index contributed by atoms with van der Waals surface area (Å²) in [7, 11) is -2.38. The summed E-state index contributed by atoms with van der Waals surface area (Å²) in [6.07, 6.45) is 1.49. The smallest absolute Gasteiger partial charge is 0.289 e. The maximum atomic E-state index is 12.7. The number of nitrogens with one attached hydrogen (secondary N) is 1. The van der Waals surface area contributed by atoms with Gasteiger partial charge in [0.05, 0.1) is 4.92 Å². The average molecular weight is 385 g/mol. The predicted octanol–water partition coefficient (Wildman–Crippen LogP) is 1.15. The van der Waals surface area contributed by atoms with Crippen LogP contribution in [0, 0.1) is 16.0 Å². The van der Waals surface area contributed by atoms with Gasteiger partial charge in [0.2, 0.25) is 15.9 Å². The van der Waals surface area contributed by atoms with Crippen LogP contribution in [0.3, 0.4) is 0 Å². The quantitative estimate of drug-likeness (QED) is 0.407. The lowest BCUT2D eigenvalue weighted by molar-refractivity contribution is -0.387. The highest BCUT2D eigenvalue weighted by Crippen LogP contribution is 2.29. The van der Waals surface area contributed by atoms with Crippen molar-refractivity contribution in [2.45, 2.75) is 24.2 Å². The largest absolute Gasteiger partial charge is 0.385 e. The number of carbonyl (C=O) groups is 1. The summed E-state index contributed by atoms with van der Waals surface area (Å²) < 4.78 is 31.6. The van der Waals surface area contributed by atoms with E-state index in [0.717, 1.165) is 0 Å². The van der Waals surface area contributed by atoms with Crippen LogP contribution in [0.1, 0.15) is 19.3 Å². The number of ether oxygens (including phenoxy) is 1. The maximum Gasteiger partial charge on any atom is 0.289 e. The first-order valence-corrected chi connectivity index (χ1v) is 9.82. The van der Waals surface area contributed by atoms with E-state index in [1.807, 2.05) is 0 Å². The second-order valence-corrected chi connectivity index (χ2v) is 7.95. The molecule has 144 valence electrons. The van der Waals surface area contributed by atoms with Gasteiger partial charge < -0.3 is 10.1 Å². The Morgan fingerprint density at radius 3 is 2.62 bits per heavy atom. The van der Waals surface area contributed by atoms with Crippen LogP contribution in [0.25, 0.3) is 0 Å². The lowest BCUT2D eigenvalue weighted by Crippen LogP contribution is -2.43. The number of amides is 1. The summed E-state index contributed by atoms with van der Waals surface area (Å²) in [5, 5.41) is 13.9. The van der Waals surface area contributed by atoms with Crippen LogP contribution in [0.15, 0.2) is 29.2 Å². The standard InChI is InChI=1S/C16H23N3O6S/c1-25-12-4-9-17-16(20)13-7-10-18(11-8-13)26(23,24)15-6-3-2-5-14(15)19(21)22/h2-3,5-6,13H,4,7-12H2,1H3,(H,17,20). The van der Waals surface area contributed by atoms with E-state index in [1.54, 1.807) is 7.11 Å². The Labute approximate surface area is 152 Å². The van der Waals surface area contributed by atoms with Crippen LogP contribution in [-0.2, 0) is 19.6 Å². The number of carbonyl (C=O) groups excluding carboxylic acids is 1. The molecule has 26 heavy (non-hydrogen) atoms. The molecule has 9 nitrogen and oxygen atoms in total. The molecule has 0 saturated carbocycles. The van der Waals surface area contributed by atoms with Crippen LogP contribution in [-0.4, -0.2) is 56.9 Å². The van der Waals surface area contributed by atoms with Crippen molar-refractivity contribution >= 4 is 21.6 Å². The summed E-state index contributed by atoms with van der Waals surface area (Å²) in [6, 6.07) is 5.30. The third-order valence-electron chi connectivity index (χ3n) is 4.33. The van der Waals surface area contributed by atoms with Gasteiger partial charge in [0.15, 0.2) is 4.90 Å². The Kier molecular flexibility index (Phi) is 7.06. The first-order chi connectivity index (χ1) is 12.4. The molecule has 10 heteroatoms. The molecule has 1 aromatic rings. The number of hydrogen-bond acceptors (Lipinski definition) is 6. The predicted molar refractivity (Wildman–Crippen MR) is 94.1 cm³/mol. The van der Waals surface area contributed by atoms with Crippen LogP contribution < -0.4 is 5.32 Å². The van der Waals surface area contributed by atoms with Crippen LogP contribution >= 0.6 is 0 Å². The Hall–Kier alpha value is -2.04. The minimum Gasteiger partial charge on any atom is -0.385 e. The summed E-state index contributed by atoms with van der Waals surface area (Å²) in [5.41, 5.74) is -0.439. The second kappa shape index (κ2) is 9.06. The van der Waals surface area contributed by atoms with Gasteiger partial charge in [-0.05, 0) is 25.3 Å². The Bertz CT molecular complexity index is 744. The topological polar surface area (TPSA) is 119 Å². The SMILES string of the molecule is COCCCNC(=O)C1CCN(S(=O)(=O)c2ccccc2[N+](=O)[O-])CC1. The van der Waals surface area contributed by atoms with Crippen molar-refractivity contribution in [3.63, 3.8) is 0 Å². The van der Waals surface area contributed by atoms with Crippen molar-refractivity contribution in [2.75, 3.05) is 33.4 Å². The number of para-hydroxylation sites is 1. The van der Waals surface area contributed by atoms with Crippen LogP contribution in [0.2, 0.25) is 0 Å². The summed E-state index contributed by atoms with van der Waals surface area (Å²) in [6.45, 7) is 1.39. The van der Waals surface area contributed by atoms with Crippen molar-refractivity contribution in [1.29, 1.82) is 0 Å². The van der Waals surface area contributed by atoms with Crippen LogP contribution in [0.4, 0.5) is 5.69 Å². The van der Waals surface area contributed by atoms with E-state index in [4.69, 9.17) is 4.74 Å². The third kappa shape index (κ3) is 4.77. The second-order valence-electron chi connectivity index (χ2n) is 6.04. The molecule has 0 atom stereocenters. The molecule has 1 heterocycles. The van der Waals surface area contributed by atoms with Crippen molar-refractivity contribution in [2.24, 2.45) is 5.92 Å². The fraction of sp³-hybridized carbons (Fsp3) is 0.562. The zero-order valence-electron chi connectivity index (χ0n) is 14.6. The number of methoxy groups -OCH3 is 1. The Morgan fingerprint density at radius 2 is 2.00 bits per heavy atom. The van der Waals surface area contributed by atoms with Crippen molar-refractivity contribution in [3.8, 4) is 0 Å². The number of benzene rings is 1. The minimum absolute atomic E-state index is 0.0937. The summed E-state index contributed by atoms with van der Waals surface area (Å²) in [5.74, 6) is -0.349. The van der Waals surface area contributed by atoms with E-state index in [0.29, 0.717) is 32.4 Å². The molecule has 1 amide bonds. The molecule has 0 aromatic heterocycles. The monoisotopic (exact) mass is 385 g/mol. The zero-order valence-corrected chi connectivity index (χ0v) is 15.4. The molecule has 1 saturated heterocycles. The van der Waals surface area contributed by atoms with Gasteiger partial charge in [-0.25, -0.2) is 8.42 Å². The fourth-order valence-electron chi connectivity index (χ4n) is 2.90. The normalized spacial score (nSPS) is 16.3. The molecule has 0 spiro atoms. The lowest BCUT2D eigenvalue weighted by Gasteiger charge is -2.30. The molecule has 1 aliphatic rings. The number of nitro benzene ring substituents is 1. The van der Waals surface area contributed by atoms with Crippen molar-refractivity contribution in [3.05, 3.63) is 34.4 Å². The van der Waals surface area contributed by atoms with Gasteiger partial charge in [-0.15, -0.1) is 0 Å². The van der Waals surface area contributed by atoms with Gasteiger partial charge in [0, 0.05) is 45.3 Å². The molecule has 1 N–H and O–H groups in total. The first-order valence-electron chi connectivity index (χ1n) is 8.38. The zero-order chi connectivity index (χ0) is 19.2. The molecule has 1 aliphatic heterocycles. The van der Waals surface area contributed by atoms with Gasteiger partial charge in [-0.2, -0.15) is 4.31 Å². The lowest BCUT2D eigenvalue weighted by atomic mass is 9.97. The van der Waals surface area contributed by atoms with Crippen LogP contribution in [0.5, 0.6) is 0 Å².